The van der Waals surface area contributed by atoms with E-state index in [0.717, 1.165) is 22.8 Å². The molecule has 194 valence electrons. The maximum absolute atomic E-state index is 12.3. The van der Waals surface area contributed by atoms with Crippen molar-refractivity contribution in [3.63, 3.8) is 0 Å². The predicted octanol–water partition coefficient (Wildman–Crippen LogP) is 3.43. The van der Waals surface area contributed by atoms with Crippen LogP contribution in [-0.2, 0) is 42.2 Å². The average molecular weight is 511 g/mol. The molecule has 0 saturated carbocycles. The van der Waals surface area contributed by atoms with Gasteiger partial charge in [-0.3, -0.25) is 29.4 Å². The zero-order valence-electron chi connectivity index (χ0n) is 21.0. The van der Waals surface area contributed by atoms with E-state index in [-0.39, 0.29) is 18.9 Å². The van der Waals surface area contributed by atoms with Crippen LogP contribution in [0.2, 0.25) is 0 Å². The fourth-order valence-electron chi connectivity index (χ4n) is 3.94. The molecule has 4 aromatic rings. The third-order valence-corrected chi connectivity index (χ3v) is 5.66. The van der Waals surface area contributed by atoms with Crippen molar-refractivity contribution >= 4 is 17.6 Å². The summed E-state index contributed by atoms with van der Waals surface area (Å²) in [6.07, 6.45) is 3.54. The fourth-order valence-corrected chi connectivity index (χ4v) is 3.94. The fraction of sp³-hybridized carbons (Fsp3) is 0.207. The molecule has 0 bridgehead atoms. The largest absolute Gasteiger partial charge is 0.481 e. The Bertz CT molecular complexity index is 1280. The lowest BCUT2D eigenvalue weighted by Gasteiger charge is -2.21. The van der Waals surface area contributed by atoms with Gasteiger partial charge in [-0.2, -0.15) is 0 Å². The highest BCUT2D eigenvalue weighted by Crippen LogP contribution is 2.12. The SMILES string of the molecule is O=C(O)Cc1ccc(NC(=O)CNCc2cccc(CN(Cc3ccccn3)Cc3ccccn3)n2)cc1. The van der Waals surface area contributed by atoms with Gasteiger partial charge in [0.05, 0.1) is 35.7 Å². The number of rotatable bonds is 13. The van der Waals surface area contributed by atoms with Gasteiger partial charge < -0.3 is 15.7 Å². The molecule has 0 spiro atoms. The van der Waals surface area contributed by atoms with Crippen molar-refractivity contribution in [3.05, 3.63) is 120 Å². The van der Waals surface area contributed by atoms with Crippen molar-refractivity contribution in [1.29, 1.82) is 0 Å². The van der Waals surface area contributed by atoms with Crippen LogP contribution in [-0.4, -0.2) is 43.4 Å². The number of aromatic nitrogens is 3. The Labute approximate surface area is 221 Å². The number of anilines is 1. The van der Waals surface area contributed by atoms with E-state index in [4.69, 9.17) is 10.1 Å². The number of nitrogens with one attached hydrogen (secondary N) is 2. The summed E-state index contributed by atoms with van der Waals surface area (Å²) in [4.78, 5) is 39.1. The van der Waals surface area contributed by atoms with Crippen LogP contribution >= 0.6 is 0 Å². The molecule has 9 nitrogen and oxygen atoms in total. The maximum Gasteiger partial charge on any atom is 0.307 e. The molecule has 0 saturated heterocycles. The van der Waals surface area contributed by atoms with Gasteiger partial charge >= 0.3 is 5.97 Å². The number of aliphatic carboxylic acids is 1. The summed E-state index contributed by atoms with van der Waals surface area (Å²) >= 11 is 0. The Kier molecular flexibility index (Phi) is 9.61. The molecule has 9 heteroatoms. The summed E-state index contributed by atoms with van der Waals surface area (Å²) in [7, 11) is 0. The normalized spacial score (nSPS) is 10.9. The molecule has 0 aliphatic carbocycles. The van der Waals surface area contributed by atoms with Crippen molar-refractivity contribution < 1.29 is 14.7 Å². The van der Waals surface area contributed by atoms with Gasteiger partial charge in [0.1, 0.15) is 0 Å². The number of nitrogens with zero attached hydrogens (tertiary/aromatic N) is 4. The van der Waals surface area contributed by atoms with Crippen LogP contribution in [0.25, 0.3) is 0 Å². The van der Waals surface area contributed by atoms with E-state index in [1.165, 1.54) is 0 Å². The zero-order chi connectivity index (χ0) is 26.6. The van der Waals surface area contributed by atoms with E-state index in [0.29, 0.717) is 37.4 Å². The summed E-state index contributed by atoms with van der Waals surface area (Å²) in [6, 6.07) is 24.5. The van der Waals surface area contributed by atoms with E-state index in [2.05, 4.69) is 25.5 Å². The second kappa shape index (κ2) is 13.7. The van der Waals surface area contributed by atoms with Gasteiger partial charge in [-0.15, -0.1) is 0 Å². The smallest absolute Gasteiger partial charge is 0.307 e. The summed E-state index contributed by atoms with van der Waals surface area (Å²) in [5, 5.41) is 14.8. The summed E-state index contributed by atoms with van der Waals surface area (Å²) < 4.78 is 0. The molecule has 0 atom stereocenters. The number of amides is 1. The molecule has 38 heavy (non-hydrogen) atoms. The molecule has 1 amide bonds. The molecular formula is C29H30N6O3. The topological polar surface area (TPSA) is 120 Å². The lowest BCUT2D eigenvalue weighted by molar-refractivity contribution is -0.136. The number of hydrogen-bond donors (Lipinski definition) is 3. The molecule has 1 aromatic carbocycles. The Hall–Kier alpha value is -4.47. The first-order valence-electron chi connectivity index (χ1n) is 12.3. The number of carbonyl (C=O) groups is 2. The molecule has 3 heterocycles. The van der Waals surface area contributed by atoms with Crippen molar-refractivity contribution in [1.82, 2.24) is 25.2 Å². The average Bonchev–Trinajstić information content (AvgIpc) is 2.91. The molecular weight excluding hydrogens is 480 g/mol. The van der Waals surface area contributed by atoms with Crippen LogP contribution in [0.5, 0.6) is 0 Å². The van der Waals surface area contributed by atoms with Gasteiger partial charge in [-0.05, 0) is 54.1 Å². The third kappa shape index (κ3) is 8.88. The van der Waals surface area contributed by atoms with E-state index >= 15 is 0 Å². The van der Waals surface area contributed by atoms with Crippen LogP contribution in [0.15, 0.2) is 91.3 Å². The van der Waals surface area contributed by atoms with Crippen molar-refractivity contribution in [2.24, 2.45) is 0 Å². The van der Waals surface area contributed by atoms with Crippen LogP contribution < -0.4 is 10.6 Å². The molecule has 3 aromatic heterocycles. The second-order valence-electron chi connectivity index (χ2n) is 8.83. The van der Waals surface area contributed by atoms with Gasteiger partial charge in [0.15, 0.2) is 0 Å². The zero-order valence-corrected chi connectivity index (χ0v) is 21.0. The third-order valence-electron chi connectivity index (χ3n) is 5.66. The minimum absolute atomic E-state index is 0.0497. The molecule has 3 N–H and O–H groups in total. The maximum atomic E-state index is 12.3. The van der Waals surface area contributed by atoms with Crippen LogP contribution in [0.1, 0.15) is 28.3 Å². The summed E-state index contributed by atoms with van der Waals surface area (Å²) in [5.74, 6) is -1.08. The predicted molar refractivity (Wildman–Crippen MR) is 144 cm³/mol. The van der Waals surface area contributed by atoms with Crippen molar-refractivity contribution in [2.45, 2.75) is 32.6 Å². The van der Waals surface area contributed by atoms with E-state index in [1.54, 1.807) is 36.7 Å². The van der Waals surface area contributed by atoms with Gasteiger partial charge in [0.2, 0.25) is 5.91 Å². The molecule has 0 radical (unpaired) electrons. The van der Waals surface area contributed by atoms with E-state index in [1.807, 2.05) is 54.6 Å². The molecule has 0 aliphatic heterocycles. The van der Waals surface area contributed by atoms with Crippen LogP contribution in [0, 0.1) is 0 Å². The first-order chi connectivity index (χ1) is 18.5. The number of carbonyl (C=O) groups excluding carboxylic acids is 1. The Morgan fingerprint density at radius 1 is 0.737 bits per heavy atom. The molecule has 0 fully saturated rings. The molecule has 0 unspecified atom stereocenters. The standard InChI is InChI=1S/C29H30N6O3/c36-28(34-23-12-10-22(11-13-23)16-29(37)38)18-30-17-24-8-5-9-27(33-24)21-35(19-25-6-1-3-14-31-25)20-26-7-2-4-15-32-26/h1-15,30H,16-21H2,(H,34,36)(H,37,38). The first kappa shape index (κ1) is 26.6. The Morgan fingerprint density at radius 3 is 1.95 bits per heavy atom. The monoisotopic (exact) mass is 510 g/mol. The van der Waals surface area contributed by atoms with Gasteiger partial charge in [-0.1, -0.05) is 30.3 Å². The lowest BCUT2D eigenvalue weighted by atomic mass is 10.1. The van der Waals surface area contributed by atoms with Gasteiger partial charge in [0, 0.05) is 44.3 Å². The number of pyridine rings is 3. The highest BCUT2D eigenvalue weighted by atomic mass is 16.4. The second-order valence-corrected chi connectivity index (χ2v) is 8.83. The summed E-state index contributed by atoms with van der Waals surface area (Å²) in [6.45, 7) is 2.52. The molecule has 4 rings (SSSR count). The lowest BCUT2D eigenvalue weighted by Crippen LogP contribution is -2.28. The number of hydrogen-bond acceptors (Lipinski definition) is 7. The van der Waals surface area contributed by atoms with E-state index in [9.17, 15) is 9.59 Å². The molecule has 0 aliphatic rings. The van der Waals surface area contributed by atoms with Gasteiger partial charge in [-0.25, -0.2) is 0 Å². The highest BCUT2D eigenvalue weighted by Gasteiger charge is 2.11. The Balaban J connectivity index is 1.30. The van der Waals surface area contributed by atoms with E-state index < -0.39 is 5.97 Å². The number of carboxylic acid groups (broad SMARTS) is 1. The highest BCUT2D eigenvalue weighted by molar-refractivity contribution is 5.92. The number of carboxylic acids is 1. The van der Waals surface area contributed by atoms with Gasteiger partial charge in [0.25, 0.3) is 0 Å². The van der Waals surface area contributed by atoms with Crippen molar-refractivity contribution in [2.75, 3.05) is 11.9 Å². The minimum Gasteiger partial charge on any atom is -0.481 e. The first-order valence-corrected chi connectivity index (χ1v) is 12.3. The quantitative estimate of drug-likeness (QED) is 0.250. The number of benzene rings is 1. The minimum atomic E-state index is -0.891. The van der Waals surface area contributed by atoms with Crippen LogP contribution in [0.4, 0.5) is 5.69 Å². The summed E-state index contributed by atoms with van der Waals surface area (Å²) in [5.41, 5.74) is 5.00. The van der Waals surface area contributed by atoms with Crippen molar-refractivity contribution in [3.8, 4) is 0 Å². The van der Waals surface area contributed by atoms with Crippen LogP contribution in [0.3, 0.4) is 0 Å². The Morgan fingerprint density at radius 2 is 1.34 bits per heavy atom.